The van der Waals surface area contributed by atoms with Crippen LogP contribution in [-0.4, -0.2) is 40.7 Å². The van der Waals surface area contributed by atoms with E-state index in [4.69, 9.17) is 28.1 Å². The zero-order valence-electron chi connectivity index (χ0n) is 16.1. The smallest absolute Gasteiger partial charge is 0.239 e. The number of rotatable bonds is 6. The maximum absolute atomic E-state index is 13.0. The number of ether oxygens (including phenoxy) is 5. The molecule has 1 N–H and O–H groups in total. The normalized spacial score (nSPS) is 10.6. The summed E-state index contributed by atoms with van der Waals surface area (Å²) in [5.41, 5.74) is -0.151. The van der Waals surface area contributed by atoms with E-state index < -0.39 is 11.2 Å². The molecule has 0 fully saturated rings. The van der Waals surface area contributed by atoms with Crippen molar-refractivity contribution in [2.24, 2.45) is 0 Å². The van der Waals surface area contributed by atoms with E-state index >= 15 is 0 Å². The molecule has 148 valence electrons. The number of fused-ring (bicyclic) bond motifs is 1. The molecule has 0 saturated carbocycles. The van der Waals surface area contributed by atoms with Crippen LogP contribution in [0.2, 0.25) is 0 Å². The van der Waals surface area contributed by atoms with Crippen molar-refractivity contribution in [2.75, 3.05) is 35.5 Å². The van der Waals surface area contributed by atoms with Crippen molar-refractivity contribution < 1.29 is 33.2 Å². The van der Waals surface area contributed by atoms with Gasteiger partial charge in [-0.2, -0.15) is 0 Å². The summed E-state index contributed by atoms with van der Waals surface area (Å²) in [4.78, 5) is 13.0. The van der Waals surface area contributed by atoms with E-state index in [1.807, 2.05) is 0 Å². The zero-order chi connectivity index (χ0) is 20.4. The Morgan fingerprint density at radius 3 is 1.79 bits per heavy atom. The van der Waals surface area contributed by atoms with Crippen LogP contribution in [0.1, 0.15) is 0 Å². The van der Waals surface area contributed by atoms with E-state index in [0.29, 0.717) is 11.3 Å². The van der Waals surface area contributed by atoms with E-state index in [1.165, 1.54) is 28.4 Å². The van der Waals surface area contributed by atoms with Gasteiger partial charge in [-0.25, -0.2) is 0 Å². The first-order valence-electron chi connectivity index (χ1n) is 8.22. The molecular weight excluding hydrogens is 368 g/mol. The molecule has 0 saturated heterocycles. The van der Waals surface area contributed by atoms with E-state index in [0.717, 1.165) is 0 Å². The molecule has 3 rings (SSSR count). The SMILES string of the molecule is COc1ccc(-c2oc3c(OC)c(OC)c(OC)c(OC)c3c(=O)c2O)cc1. The van der Waals surface area contributed by atoms with Crippen molar-refractivity contribution in [1.82, 2.24) is 0 Å². The van der Waals surface area contributed by atoms with Crippen molar-refractivity contribution >= 4 is 11.0 Å². The lowest BCUT2D eigenvalue weighted by atomic mass is 10.1. The summed E-state index contributed by atoms with van der Waals surface area (Å²) < 4.78 is 32.5. The Balaban J connectivity index is 2.45. The molecular formula is C20H20O8. The highest BCUT2D eigenvalue weighted by Crippen LogP contribution is 2.51. The largest absolute Gasteiger partial charge is 0.502 e. The van der Waals surface area contributed by atoms with E-state index in [1.54, 1.807) is 31.4 Å². The first-order chi connectivity index (χ1) is 13.5. The van der Waals surface area contributed by atoms with Gasteiger partial charge in [0.05, 0.1) is 35.5 Å². The van der Waals surface area contributed by atoms with Gasteiger partial charge in [-0.1, -0.05) is 0 Å². The highest BCUT2D eigenvalue weighted by Gasteiger charge is 2.29. The van der Waals surface area contributed by atoms with Crippen LogP contribution >= 0.6 is 0 Å². The topological polar surface area (TPSA) is 96.6 Å². The molecule has 0 atom stereocenters. The minimum absolute atomic E-state index is 0.0206. The number of aromatic hydroxyl groups is 1. The number of methoxy groups -OCH3 is 5. The molecule has 1 aromatic heterocycles. The third-order valence-corrected chi connectivity index (χ3v) is 4.31. The van der Waals surface area contributed by atoms with Gasteiger partial charge in [0.1, 0.15) is 11.1 Å². The Hall–Kier alpha value is -3.55. The summed E-state index contributed by atoms with van der Waals surface area (Å²) in [7, 11) is 7.15. The second-order valence-corrected chi connectivity index (χ2v) is 5.67. The van der Waals surface area contributed by atoms with Crippen LogP contribution in [0.5, 0.6) is 34.5 Å². The fraction of sp³-hybridized carbons (Fsp3) is 0.250. The molecule has 0 aliphatic rings. The van der Waals surface area contributed by atoms with Crippen LogP contribution < -0.4 is 29.1 Å². The monoisotopic (exact) mass is 388 g/mol. The Morgan fingerprint density at radius 1 is 0.750 bits per heavy atom. The minimum Gasteiger partial charge on any atom is -0.502 e. The molecule has 0 spiro atoms. The van der Waals surface area contributed by atoms with Gasteiger partial charge in [-0.3, -0.25) is 4.79 Å². The van der Waals surface area contributed by atoms with Gasteiger partial charge >= 0.3 is 0 Å². The molecule has 0 radical (unpaired) electrons. The number of hydrogen-bond donors (Lipinski definition) is 1. The molecule has 28 heavy (non-hydrogen) atoms. The first kappa shape index (κ1) is 19.2. The van der Waals surface area contributed by atoms with Crippen LogP contribution in [0.15, 0.2) is 33.5 Å². The van der Waals surface area contributed by atoms with Crippen molar-refractivity contribution in [3.63, 3.8) is 0 Å². The van der Waals surface area contributed by atoms with Crippen molar-refractivity contribution in [3.05, 3.63) is 34.5 Å². The number of benzene rings is 2. The summed E-state index contributed by atoms with van der Waals surface area (Å²) in [5.74, 6) is 0.597. The van der Waals surface area contributed by atoms with E-state index in [-0.39, 0.29) is 39.7 Å². The average molecular weight is 388 g/mol. The van der Waals surface area contributed by atoms with Gasteiger partial charge in [0.2, 0.25) is 28.4 Å². The molecule has 8 nitrogen and oxygen atoms in total. The fourth-order valence-corrected chi connectivity index (χ4v) is 3.00. The van der Waals surface area contributed by atoms with Gasteiger partial charge in [0.15, 0.2) is 17.1 Å². The molecule has 1 heterocycles. The van der Waals surface area contributed by atoms with E-state index in [2.05, 4.69) is 0 Å². The Kier molecular flexibility index (Phi) is 5.21. The van der Waals surface area contributed by atoms with Crippen molar-refractivity contribution in [3.8, 4) is 45.8 Å². The van der Waals surface area contributed by atoms with Crippen molar-refractivity contribution in [1.29, 1.82) is 0 Å². The van der Waals surface area contributed by atoms with Crippen LogP contribution in [0, 0.1) is 0 Å². The molecule has 0 aliphatic carbocycles. The summed E-state index contributed by atoms with van der Waals surface area (Å²) >= 11 is 0. The lowest BCUT2D eigenvalue weighted by molar-refractivity contribution is 0.306. The Morgan fingerprint density at radius 2 is 1.29 bits per heavy atom. The van der Waals surface area contributed by atoms with Crippen LogP contribution in [-0.2, 0) is 0 Å². The molecule has 8 heteroatoms. The summed E-state index contributed by atoms with van der Waals surface area (Å²) in [6.07, 6.45) is 0. The summed E-state index contributed by atoms with van der Waals surface area (Å²) in [6, 6.07) is 6.69. The van der Waals surface area contributed by atoms with Gasteiger partial charge in [-0.05, 0) is 24.3 Å². The number of hydrogen-bond acceptors (Lipinski definition) is 8. The van der Waals surface area contributed by atoms with Crippen LogP contribution in [0.3, 0.4) is 0 Å². The minimum atomic E-state index is -0.692. The molecule has 0 bridgehead atoms. The molecule has 0 amide bonds. The average Bonchev–Trinajstić information content (AvgIpc) is 2.74. The molecule has 3 aromatic rings. The maximum atomic E-state index is 13.0. The first-order valence-corrected chi connectivity index (χ1v) is 8.22. The predicted molar refractivity (Wildman–Crippen MR) is 102 cm³/mol. The molecule has 2 aromatic carbocycles. The van der Waals surface area contributed by atoms with Crippen LogP contribution in [0.25, 0.3) is 22.3 Å². The second kappa shape index (κ2) is 7.59. The second-order valence-electron chi connectivity index (χ2n) is 5.67. The lowest BCUT2D eigenvalue weighted by Crippen LogP contribution is -2.08. The zero-order valence-corrected chi connectivity index (χ0v) is 16.1. The van der Waals surface area contributed by atoms with Crippen LogP contribution in [0.4, 0.5) is 0 Å². The van der Waals surface area contributed by atoms with Gasteiger partial charge in [0, 0.05) is 5.56 Å². The fourth-order valence-electron chi connectivity index (χ4n) is 3.00. The third kappa shape index (κ3) is 2.83. The summed E-state index contributed by atoms with van der Waals surface area (Å²) in [6.45, 7) is 0. The standard InChI is InChI=1S/C20H20O8/c1-23-11-8-6-10(7-9-11)15-14(22)13(21)12-16(24-2)18(25-3)20(27-5)19(26-4)17(12)28-15/h6-9,22H,1-5H3. The van der Waals surface area contributed by atoms with Gasteiger partial charge in [0.25, 0.3) is 0 Å². The third-order valence-electron chi connectivity index (χ3n) is 4.31. The summed E-state index contributed by atoms with van der Waals surface area (Å²) in [5, 5.41) is 10.5. The van der Waals surface area contributed by atoms with Gasteiger partial charge < -0.3 is 33.2 Å². The molecule has 0 unspecified atom stereocenters. The Bertz CT molecular complexity index is 1070. The maximum Gasteiger partial charge on any atom is 0.239 e. The lowest BCUT2D eigenvalue weighted by Gasteiger charge is -2.18. The Labute approximate surface area is 160 Å². The van der Waals surface area contributed by atoms with E-state index in [9.17, 15) is 9.90 Å². The highest BCUT2D eigenvalue weighted by atomic mass is 16.5. The quantitative estimate of drug-likeness (QED) is 0.688. The predicted octanol–water partition coefficient (Wildman–Crippen LogP) is 3.21. The molecule has 0 aliphatic heterocycles. The van der Waals surface area contributed by atoms with Gasteiger partial charge in [-0.15, -0.1) is 0 Å². The van der Waals surface area contributed by atoms with Crippen molar-refractivity contribution in [2.45, 2.75) is 0 Å². The highest BCUT2D eigenvalue weighted by molar-refractivity contribution is 5.96.